The van der Waals surface area contributed by atoms with E-state index in [1.807, 2.05) is 41.8 Å². The number of carbonyl (C=O) groups excluding carboxylic acids is 2. The lowest BCUT2D eigenvalue weighted by molar-refractivity contribution is -0.137. The van der Waals surface area contributed by atoms with Gasteiger partial charge in [-0.05, 0) is 28.6 Å². The molecule has 0 spiro atoms. The van der Waals surface area contributed by atoms with Crippen molar-refractivity contribution in [1.29, 1.82) is 0 Å². The van der Waals surface area contributed by atoms with Crippen LogP contribution in [0, 0.1) is 0 Å². The lowest BCUT2D eigenvalue weighted by Gasteiger charge is -2.32. The molecule has 0 saturated heterocycles. The second-order valence-corrected chi connectivity index (χ2v) is 7.30. The summed E-state index contributed by atoms with van der Waals surface area (Å²) < 4.78 is 0. The highest BCUT2D eigenvalue weighted by atomic mass is 32.1. The quantitative estimate of drug-likeness (QED) is 0.800. The maximum Gasteiger partial charge on any atom is 0.305 e. The number of carbonyl (C=O) groups is 3. The molecule has 2 atom stereocenters. The molecular weight excluding hydrogens is 364 g/mol. The van der Waals surface area contributed by atoms with Crippen LogP contribution >= 0.6 is 11.3 Å². The van der Waals surface area contributed by atoms with Crippen LogP contribution in [0.15, 0.2) is 48.0 Å². The summed E-state index contributed by atoms with van der Waals surface area (Å²) >= 11 is 1.40. The van der Waals surface area contributed by atoms with E-state index in [0.717, 1.165) is 16.0 Å². The number of fused-ring (bicyclic) bond motifs is 1. The average molecular weight is 384 g/mol. The zero-order chi connectivity index (χ0) is 19.4. The van der Waals surface area contributed by atoms with Crippen molar-refractivity contribution in [2.24, 2.45) is 0 Å². The van der Waals surface area contributed by atoms with Crippen molar-refractivity contribution in [2.45, 2.75) is 31.8 Å². The van der Waals surface area contributed by atoms with Gasteiger partial charge >= 0.3 is 5.97 Å². The molecule has 1 aliphatic heterocycles. The Morgan fingerprint density at radius 2 is 2.00 bits per heavy atom. The SMILES string of the molecule is CC(=O)N1C=Cc2ccccc2[C@H]1CC(=O)N[C@@H](CC(=O)O)c1cccs1. The van der Waals surface area contributed by atoms with Gasteiger partial charge in [-0.25, -0.2) is 0 Å². The molecule has 1 aromatic carbocycles. The minimum Gasteiger partial charge on any atom is -0.481 e. The van der Waals surface area contributed by atoms with Gasteiger partial charge in [-0.1, -0.05) is 30.3 Å². The van der Waals surface area contributed by atoms with Gasteiger partial charge in [0.05, 0.1) is 24.9 Å². The van der Waals surface area contributed by atoms with E-state index in [1.165, 1.54) is 18.3 Å². The molecule has 0 unspecified atom stereocenters. The summed E-state index contributed by atoms with van der Waals surface area (Å²) in [4.78, 5) is 38.2. The smallest absolute Gasteiger partial charge is 0.305 e. The second-order valence-electron chi connectivity index (χ2n) is 6.32. The number of aliphatic carboxylic acids is 1. The fourth-order valence-electron chi connectivity index (χ4n) is 3.23. The summed E-state index contributed by atoms with van der Waals surface area (Å²) in [5.41, 5.74) is 1.87. The highest BCUT2D eigenvalue weighted by molar-refractivity contribution is 7.10. The monoisotopic (exact) mass is 384 g/mol. The summed E-state index contributed by atoms with van der Waals surface area (Å²) in [5, 5.41) is 13.8. The molecular formula is C20H20N2O4S. The Balaban J connectivity index is 1.79. The van der Waals surface area contributed by atoms with E-state index in [4.69, 9.17) is 5.11 Å². The third-order valence-corrected chi connectivity index (χ3v) is 5.43. The Morgan fingerprint density at radius 3 is 2.67 bits per heavy atom. The Labute approximate surface area is 161 Å². The van der Waals surface area contributed by atoms with E-state index >= 15 is 0 Å². The lowest BCUT2D eigenvalue weighted by Crippen LogP contribution is -2.36. The topological polar surface area (TPSA) is 86.7 Å². The van der Waals surface area contributed by atoms with Gasteiger partial charge in [0.1, 0.15) is 0 Å². The Morgan fingerprint density at radius 1 is 1.22 bits per heavy atom. The van der Waals surface area contributed by atoms with Crippen molar-refractivity contribution < 1.29 is 19.5 Å². The van der Waals surface area contributed by atoms with Crippen molar-refractivity contribution in [3.8, 4) is 0 Å². The molecule has 2 aromatic rings. The van der Waals surface area contributed by atoms with Crippen LogP contribution in [0.2, 0.25) is 0 Å². The molecule has 6 nitrogen and oxygen atoms in total. The van der Waals surface area contributed by atoms with Crippen LogP contribution in [0.25, 0.3) is 6.08 Å². The first-order chi connectivity index (χ1) is 13.0. The average Bonchev–Trinajstić information content (AvgIpc) is 3.15. The summed E-state index contributed by atoms with van der Waals surface area (Å²) in [6.07, 6.45) is 3.41. The van der Waals surface area contributed by atoms with Gasteiger partial charge in [-0.3, -0.25) is 14.4 Å². The van der Waals surface area contributed by atoms with Crippen molar-refractivity contribution in [1.82, 2.24) is 10.2 Å². The van der Waals surface area contributed by atoms with E-state index in [2.05, 4.69) is 5.32 Å². The zero-order valence-corrected chi connectivity index (χ0v) is 15.6. The number of nitrogens with zero attached hydrogens (tertiary/aromatic N) is 1. The molecule has 2 heterocycles. The molecule has 0 saturated carbocycles. The predicted octanol–water partition coefficient (Wildman–Crippen LogP) is 3.34. The van der Waals surface area contributed by atoms with Gasteiger partial charge < -0.3 is 15.3 Å². The number of nitrogens with one attached hydrogen (secondary N) is 1. The predicted molar refractivity (Wildman–Crippen MR) is 103 cm³/mol. The third-order valence-electron chi connectivity index (χ3n) is 4.45. The molecule has 0 radical (unpaired) electrons. The van der Waals surface area contributed by atoms with E-state index in [1.54, 1.807) is 17.2 Å². The van der Waals surface area contributed by atoms with E-state index in [0.29, 0.717) is 0 Å². The van der Waals surface area contributed by atoms with Crippen LogP contribution in [-0.2, 0) is 14.4 Å². The number of hydrogen-bond donors (Lipinski definition) is 2. The van der Waals surface area contributed by atoms with Crippen molar-refractivity contribution in [2.75, 3.05) is 0 Å². The van der Waals surface area contributed by atoms with Gasteiger partial charge in [-0.2, -0.15) is 0 Å². The molecule has 27 heavy (non-hydrogen) atoms. The van der Waals surface area contributed by atoms with Crippen LogP contribution in [-0.4, -0.2) is 27.8 Å². The molecule has 0 fully saturated rings. The summed E-state index contributed by atoms with van der Waals surface area (Å²) in [7, 11) is 0. The van der Waals surface area contributed by atoms with Crippen molar-refractivity contribution >= 4 is 35.2 Å². The van der Waals surface area contributed by atoms with Gasteiger partial charge in [0.25, 0.3) is 0 Å². The highest BCUT2D eigenvalue weighted by Crippen LogP contribution is 2.33. The third kappa shape index (κ3) is 4.43. The second kappa shape index (κ2) is 8.18. The normalized spacial score (nSPS) is 16.5. The molecule has 2 N–H and O–H groups in total. The van der Waals surface area contributed by atoms with Gasteiger partial charge in [-0.15, -0.1) is 11.3 Å². The van der Waals surface area contributed by atoms with Crippen molar-refractivity contribution in [3.63, 3.8) is 0 Å². The molecule has 0 bridgehead atoms. The fraction of sp³-hybridized carbons (Fsp3) is 0.250. The molecule has 0 aliphatic carbocycles. The molecule has 1 aromatic heterocycles. The molecule has 1 aliphatic rings. The first kappa shape index (κ1) is 18.8. The highest BCUT2D eigenvalue weighted by Gasteiger charge is 2.29. The van der Waals surface area contributed by atoms with Crippen molar-refractivity contribution in [3.05, 3.63) is 64.0 Å². The number of amides is 2. The van der Waals surface area contributed by atoms with Gasteiger partial charge in [0.15, 0.2) is 0 Å². The van der Waals surface area contributed by atoms with E-state index in [9.17, 15) is 14.4 Å². The first-order valence-electron chi connectivity index (χ1n) is 8.56. The molecule has 140 valence electrons. The standard InChI is InChI=1S/C20H20N2O4S/c1-13(23)22-9-8-14-5-2-3-6-15(14)17(22)12-19(24)21-16(11-20(25)26)18-7-4-10-27-18/h2-10,16-17H,11-12H2,1H3,(H,21,24)(H,25,26)/t16-,17+/m0/s1. The van der Waals surface area contributed by atoms with Crippen LogP contribution in [0.5, 0.6) is 0 Å². The lowest BCUT2D eigenvalue weighted by atomic mass is 9.93. The summed E-state index contributed by atoms with van der Waals surface area (Å²) in [6.45, 7) is 1.46. The molecule has 2 amide bonds. The van der Waals surface area contributed by atoms with Gasteiger partial charge in [0, 0.05) is 18.0 Å². The minimum absolute atomic E-state index is 0.0580. The first-order valence-corrected chi connectivity index (χ1v) is 9.44. The summed E-state index contributed by atoms with van der Waals surface area (Å²) in [6, 6.07) is 10.2. The largest absolute Gasteiger partial charge is 0.481 e. The minimum atomic E-state index is -0.981. The van der Waals surface area contributed by atoms with Gasteiger partial charge in [0.2, 0.25) is 11.8 Å². The van der Waals surface area contributed by atoms with E-state index < -0.39 is 18.1 Å². The number of carboxylic acids is 1. The molecule has 3 rings (SSSR count). The number of benzene rings is 1. The number of carboxylic acid groups (broad SMARTS) is 1. The maximum absolute atomic E-state index is 12.7. The Hall–Kier alpha value is -2.93. The summed E-state index contributed by atoms with van der Waals surface area (Å²) in [5.74, 6) is -1.43. The van der Waals surface area contributed by atoms with E-state index in [-0.39, 0.29) is 24.7 Å². The molecule has 7 heteroatoms. The van der Waals surface area contributed by atoms with Crippen LogP contribution in [0.3, 0.4) is 0 Å². The number of rotatable bonds is 6. The van der Waals surface area contributed by atoms with Crippen LogP contribution < -0.4 is 5.32 Å². The van der Waals surface area contributed by atoms with Crippen LogP contribution in [0.4, 0.5) is 0 Å². The Kier molecular flexibility index (Phi) is 5.71. The van der Waals surface area contributed by atoms with Crippen LogP contribution in [0.1, 0.15) is 47.9 Å². The fourth-order valence-corrected chi connectivity index (χ4v) is 4.01. The Bertz CT molecular complexity index is 876. The maximum atomic E-state index is 12.7. The number of hydrogen-bond acceptors (Lipinski definition) is 4. The number of thiophene rings is 1. The zero-order valence-electron chi connectivity index (χ0n) is 14.8.